The molecule has 0 aliphatic heterocycles. The highest BCUT2D eigenvalue weighted by Gasteiger charge is 2.16. The number of ether oxygens (including phenoxy) is 1. The van der Waals surface area contributed by atoms with E-state index in [1.807, 2.05) is 0 Å². The van der Waals surface area contributed by atoms with Crippen molar-refractivity contribution in [3.8, 4) is 0 Å². The Morgan fingerprint density at radius 1 is 1.33 bits per heavy atom. The molecule has 1 N–H and O–H groups in total. The van der Waals surface area contributed by atoms with E-state index in [0.717, 1.165) is 13.2 Å². The summed E-state index contributed by atoms with van der Waals surface area (Å²) in [6, 6.07) is 3.38. The van der Waals surface area contributed by atoms with Gasteiger partial charge in [-0.3, -0.25) is 0 Å². The molecule has 0 bridgehead atoms. The molecule has 0 saturated carbocycles. The number of hydrogen-bond donors (Lipinski definition) is 1. The number of methoxy groups -OCH3 is 1. The van der Waals surface area contributed by atoms with Gasteiger partial charge in [-0.25, -0.2) is 23.5 Å². The second kappa shape index (κ2) is 6.25. The Hall–Kier alpha value is -2.57. The zero-order chi connectivity index (χ0) is 15.4. The van der Waals surface area contributed by atoms with E-state index in [0.29, 0.717) is 17.6 Å². The molecule has 0 atom stereocenters. The molecular weight excluding hydrogens is 280 g/mol. The number of nitrogens with zero attached hydrogens (tertiary/aromatic N) is 2. The number of halogens is 2. The standard InChI is InChI=1S/C14H13F2N3O2/c1-8-17-4-3-9(19-8)7-18-13-5-10(14(20)21-2)11(15)6-12(13)16/h3-6,18H,7H2,1-2H3. The molecule has 2 aromatic rings. The first-order valence-corrected chi connectivity index (χ1v) is 6.11. The van der Waals surface area contributed by atoms with Gasteiger partial charge in [-0.1, -0.05) is 0 Å². The fourth-order valence-electron chi connectivity index (χ4n) is 1.74. The molecule has 0 radical (unpaired) electrons. The van der Waals surface area contributed by atoms with Crippen molar-refractivity contribution in [2.45, 2.75) is 13.5 Å². The van der Waals surface area contributed by atoms with Gasteiger partial charge in [0, 0.05) is 12.3 Å². The molecule has 1 aromatic heterocycles. The monoisotopic (exact) mass is 293 g/mol. The van der Waals surface area contributed by atoms with Crippen LogP contribution in [0.4, 0.5) is 14.5 Å². The topological polar surface area (TPSA) is 64.1 Å². The third-order valence-electron chi connectivity index (χ3n) is 2.76. The number of hydrogen-bond acceptors (Lipinski definition) is 5. The zero-order valence-electron chi connectivity index (χ0n) is 11.5. The van der Waals surface area contributed by atoms with Gasteiger partial charge in [-0.15, -0.1) is 0 Å². The van der Waals surface area contributed by atoms with Crippen molar-refractivity contribution < 1.29 is 18.3 Å². The summed E-state index contributed by atoms with van der Waals surface area (Å²) in [6.07, 6.45) is 1.58. The Bertz CT molecular complexity index is 677. The van der Waals surface area contributed by atoms with E-state index in [1.54, 1.807) is 19.2 Å². The van der Waals surface area contributed by atoms with Gasteiger partial charge in [0.25, 0.3) is 0 Å². The summed E-state index contributed by atoms with van der Waals surface area (Å²) in [5.41, 5.74) is 0.305. The number of carbonyl (C=O) groups excluding carboxylic acids is 1. The van der Waals surface area contributed by atoms with Gasteiger partial charge in [0.15, 0.2) is 0 Å². The summed E-state index contributed by atoms with van der Waals surface area (Å²) in [7, 11) is 1.13. The van der Waals surface area contributed by atoms with Crippen LogP contribution in [0.25, 0.3) is 0 Å². The van der Waals surface area contributed by atoms with Crippen molar-refractivity contribution in [1.29, 1.82) is 0 Å². The average Bonchev–Trinajstić information content (AvgIpc) is 2.45. The molecule has 7 heteroatoms. The first-order valence-electron chi connectivity index (χ1n) is 6.11. The number of anilines is 1. The second-order valence-corrected chi connectivity index (χ2v) is 4.25. The Balaban J connectivity index is 2.21. The molecule has 1 aromatic carbocycles. The lowest BCUT2D eigenvalue weighted by molar-refractivity contribution is 0.0595. The molecule has 0 saturated heterocycles. The molecule has 0 fully saturated rings. The predicted molar refractivity (Wildman–Crippen MR) is 71.8 cm³/mol. The molecule has 21 heavy (non-hydrogen) atoms. The van der Waals surface area contributed by atoms with Crippen molar-refractivity contribution >= 4 is 11.7 Å². The molecule has 0 spiro atoms. The van der Waals surface area contributed by atoms with Gasteiger partial charge in [-0.05, 0) is 19.1 Å². The van der Waals surface area contributed by atoms with E-state index in [1.165, 1.54) is 0 Å². The maximum atomic E-state index is 13.7. The van der Waals surface area contributed by atoms with Crippen molar-refractivity contribution in [2.75, 3.05) is 12.4 Å². The molecule has 110 valence electrons. The van der Waals surface area contributed by atoms with E-state index in [-0.39, 0.29) is 17.8 Å². The molecule has 0 aliphatic carbocycles. The summed E-state index contributed by atoms with van der Waals surface area (Å²) in [5, 5.41) is 2.76. The van der Waals surface area contributed by atoms with Crippen LogP contribution in [-0.4, -0.2) is 23.0 Å². The Kier molecular flexibility index (Phi) is 4.42. The van der Waals surface area contributed by atoms with Crippen LogP contribution in [0.2, 0.25) is 0 Å². The lowest BCUT2D eigenvalue weighted by atomic mass is 10.1. The van der Waals surface area contributed by atoms with Gasteiger partial charge in [0.2, 0.25) is 0 Å². The van der Waals surface area contributed by atoms with E-state index >= 15 is 0 Å². The highest BCUT2D eigenvalue weighted by atomic mass is 19.1. The number of esters is 1. The highest BCUT2D eigenvalue weighted by molar-refractivity contribution is 5.90. The van der Waals surface area contributed by atoms with Gasteiger partial charge >= 0.3 is 5.97 Å². The van der Waals surface area contributed by atoms with Crippen molar-refractivity contribution in [3.63, 3.8) is 0 Å². The second-order valence-electron chi connectivity index (χ2n) is 4.25. The van der Waals surface area contributed by atoms with Crippen LogP contribution in [0, 0.1) is 18.6 Å². The van der Waals surface area contributed by atoms with Crippen LogP contribution in [0.3, 0.4) is 0 Å². The minimum Gasteiger partial charge on any atom is -0.465 e. The van der Waals surface area contributed by atoms with E-state index in [9.17, 15) is 13.6 Å². The minimum absolute atomic E-state index is 0.00642. The third-order valence-corrected chi connectivity index (χ3v) is 2.76. The fraction of sp³-hybridized carbons (Fsp3) is 0.214. The van der Waals surface area contributed by atoms with Crippen LogP contribution in [-0.2, 0) is 11.3 Å². The Morgan fingerprint density at radius 2 is 2.10 bits per heavy atom. The summed E-state index contributed by atoms with van der Waals surface area (Å²) in [6.45, 7) is 1.95. The first kappa shape index (κ1) is 14.8. The summed E-state index contributed by atoms with van der Waals surface area (Å²) in [5.74, 6) is -2.05. The average molecular weight is 293 g/mol. The van der Waals surface area contributed by atoms with Crippen molar-refractivity contribution in [1.82, 2.24) is 9.97 Å². The van der Waals surface area contributed by atoms with E-state index < -0.39 is 17.6 Å². The fourth-order valence-corrected chi connectivity index (χ4v) is 1.74. The highest BCUT2D eigenvalue weighted by Crippen LogP contribution is 2.20. The van der Waals surface area contributed by atoms with Crippen LogP contribution in [0.15, 0.2) is 24.4 Å². The quantitative estimate of drug-likeness (QED) is 0.877. The van der Waals surface area contributed by atoms with E-state index in [2.05, 4.69) is 20.0 Å². The van der Waals surface area contributed by atoms with Gasteiger partial charge < -0.3 is 10.1 Å². The normalized spacial score (nSPS) is 10.3. The molecular formula is C14H13F2N3O2. The smallest absolute Gasteiger partial charge is 0.340 e. The van der Waals surface area contributed by atoms with Crippen LogP contribution in [0.1, 0.15) is 21.9 Å². The molecule has 0 amide bonds. The maximum absolute atomic E-state index is 13.7. The summed E-state index contributed by atoms with van der Waals surface area (Å²) in [4.78, 5) is 19.5. The molecule has 0 aliphatic rings. The first-order chi connectivity index (χ1) is 10.0. The Labute approximate surface area is 120 Å². The summed E-state index contributed by atoms with van der Waals surface area (Å²) >= 11 is 0. The summed E-state index contributed by atoms with van der Waals surface area (Å²) < 4.78 is 31.6. The van der Waals surface area contributed by atoms with Crippen LogP contribution >= 0.6 is 0 Å². The van der Waals surface area contributed by atoms with Crippen molar-refractivity contribution in [2.24, 2.45) is 0 Å². The lowest BCUT2D eigenvalue weighted by Crippen LogP contribution is -2.09. The van der Waals surface area contributed by atoms with Crippen LogP contribution < -0.4 is 5.32 Å². The SMILES string of the molecule is COC(=O)c1cc(NCc2ccnc(C)n2)c(F)cc1F. The number of nitrogens with one attached hydrogen (secondary N) is 1. The molecule has 5 nitrogen and oxygen atoms in total. The predicted octanol–water partition coefficient (Wildman–Crippen LogP) is 2.46. The van der Waals surface area contributed by atoms with Crippen LogP contribution in [0.5, 0.6) is 0 Å². The minimum atomic E-state index is -0.970. The number of aromatic nitrogens is 2. The van der Waals surface area contributed by atoms with Crippen molar-refractivity contribution in [3.05, 3.63) is 53.1 Å². The van der Waals surface area contributed by atoms with Gasteiger partial charge in [0.05, 0.1) is 30.6 Å². The maximum Gasteiger partial charge on any atom is 0.340 e. The van der Waals surface area contributed by atoms with Gasteiger partial charge in [0.1, 0.15) is 17.5 Å². The molecule has 1 heterocycles. The number of aryl methyl sites for hydroxylation is 1. The largest absolute Gasteiger partial charge is 0.465 e. The Morgan fingerprint density at radius 3 is 2.76 bits per heavy atom. The number of rotatable bonds is 4. The third kappa shape index (κ3) is 3.50. The molecule has 2 rings (SSSR count). The molecule has 0 unspecified atom stereocenters. The number of carbonyl (C=O) groups is 1. The number of benzene rings is 1. The zero-order valence-corrected chi connectivity index (χ0v) is 11.5. The van der Waals surface area contributed by atoms with Gasteiger partial charge in [-0.2, -0.15) is 0 Å². The van der Waals surface area contributed by atoms with E-state index in [4.69, 9.17) is 0 Å². The lowest BCUT2D eigenvalue weighted by Gasteiger charge is -2.10.